The van der Waals surface area contributed by atoms with Crippen LogP contribution >= 0.6 is 0 Å². The molecule has 23 heavy (non-hydrogen) atoms. The van der Waals surface area contributed by atoms with E-state index in [0.717, 1.165) is 0 Å². The maximum atomic E-state index is 10.8. The van der Waals surface area contributed by atoms with E-state index in [1.54, 1.807) is 12.1 Å². The second kappa shape index (κ2) is 10.8. The Balaban J connectivity index is 2.62. The van der Waals surface area contributed by atoms with E-state index in [9.17, 15) is 13.0 Å². The zero-order chi connectivity index (χ0) is 17.1. The summed E-state index contributed by atoms with van der Waals surface area (Å²) >= 11 is 0. The monoisotopic (exact) mass is 339 g/mol. The van der Waals surface area contributed by atoms with Crippen molar-refractivity contribution in [2.24, 2.45) is 0 Å². The van der Waals surface area contributed by atoms with Crippen molar-refractivity contribution in [2.45, 2.75) is 83.3 Å². The van der Waals surface area contributed by atoms with Crippen LogP contribution in [0.1, 0.15) is 88.7 Å². The topological polar surface area (TPSA) is 57.2 Å². The third kappa shape index (κ3) is 9.11. The van der Waals surface area contributed by atoms with Gasteiger partial charge in [0.1, 0.15) is 0 Å². The fourth-order valence-corrected chi connectivity index (χ4v) is 3.61. The van der Waals surface area contributed by atoms with E-state index in [-0.39, 0.29) is 0 Å². The lowest BCUT2D eigenvalue weighted by Crippen LogP contribution is -2.03. The highest BCUT2D eigenvalue weighted by Gasteiger charge is 2.11. The Hall–Kier alpha value is -0.870. The quantitative estimate of drug-likeness (QED) is 0.380. The molecule has 0 spiro atoms. The molecule has 0 saturated heterocycles. The molecule has 0 aliphatic carbocycles. The molecule has 0 bridgehead atoms. The average Bonchev–Trinajstić information content (AvgIpc) is 2.49. The summed E-state index contributed by atoms with van der Waals surface area (Å²) in [5, 5.41) is 0. The SMILES string of the molecule is CCCCCCCC(CCCC)c1ccc(CS(=O)(=O)[O-])cc1. The zero-order valence-electron chi connectivity index (χ0n) is 14.6. The molecule has 1 aromatic carbocycles. The number of hydrogen-bond acceptors (Lipinski definition) is 3. The van der Waals surface area contributed by atoms with E-state index < -0.39 is 15.9 Å². The van der Waals surface area contributed by atoms with Crippen LogP contribution < -0.4 is 0 Å². The van der Waals surface area contributed by atoms with E-state index in [4.69, 9.17) is 0 Å². The second-order valence-electron chi connectivity index (χ2n) is 6.49. The van der Waals surface area contributed by atoms with Crippen molar-refractivity contribution < 1.29 is 13.0 Å². The Morgan fingerprint density at radius 2 is 1.43 bits per heavy atom. The van der Waals surface area contributed by atoms with E-state index in [0.29, 0.717) is 11.5 Å². The van der Waals surface area contributed by atoms with Gasteiger partial charge in [-0.2, -0.15) is 0 Å². The van der Waals surface area contributed by atoms with Crippen LogP contribution in [0.4, 0.5) is 0 Å². The van der Waals surface area contributed by atoms with Crippen LogP contribution in [-0.4, -0.2) is 13.0 Å². The van der Waals surface area contributed by atoms with Gasteiger partial charge in [-0.25, -0.2) is 8.42 Å². The van der Waals surface area contributed by atoms with Crippen LogP contribution in [0.15, 0.2) is 24.3 Å². The van der Waals surface area contributed by atoms with Crippen molar-refractivity contribution in [1.82, 2.24) is 0 Å². The molecule has 0 heterocycles. The molecule has 0 aliphatic heterocycles. The summed E-state index contributed by atoms with van der Waals surface area (Å²) in [6, 6.07) is 7.60. The number of benzene rings is 1. The summed E-state index contributed by atoms with van der Waals surface area (Å²) in [7, 11) is -4.20. The molecule has 1 rings (SSSR count). The van der Waals surface area contributed by atoms with Crippen molar-refractivity contribution in [3.63, 3.8) is 0 Å². The predicted octanol–water partition coefficient (Wildman–Crippen LogP) is 5.37. The molecule has 0 aliphatic rings. The first-order chi connectivity index (χ1) is 11.0. The van der Waals surface area contributed by atoms with Crippen LogP contribution in [0.3, 0.4) is 0 Å². The number of unbranched alkanes of at least 4 members (excludes halogenated alkanes) is 5. The molecule has 0 fully saturated rings. The van der Waals surface area contributed by atoms with Crippen LogP contribution in [0, 0.1) is 0 Å². The minimum absolute atomic E-state index is 0.413. The summed E-state index contributed by atoms with van der Waals surface area (Å²) < 4.78 is 32.5. The Labute approximate surface area is 142 Å². The van der Waals surface area contributed by atoms with Crippen molar-refractivity contribution in [1.29, 1.82) is 0 Å². The van der Waals surface area contributed by atoms with Gasteiger partial charge in [-0.05, 0) is 29.9 Å². The number of hydrogen-bond donors (Lipinski definition) is 0. The van der Waals surface area contributed by atoms with Gasteiger partial charge in [0.05, 0.1) is 15.9 Å². The maximum Gasteiger partial charge on any atom is 0.0988 e. The molecule has 0 N–H and O–H groups in total. The lowest BCUT2D eigenvalue weighted by atomic mass is 9.88. The standard InChI is InChI=1S/C19H32O3S/c1-3-5-7-8-9-11-18(10-6-4-2)19-14-12-17(13-15-19)16-23(20,21)22/h12-15,18H,3-11,16H2,1-2H3,(H,20,21,22)/p-1. The van der Waals surface area contributed by atoms with Crippen LogP contribution in [-0.2, 0) is 15.9 Å². The molecular formula is C19H31O3S-. The highest BCUT2D eigenvalue weighted by atomic mass is 32.2. The van der Waals surface area contributed by atoms with Crippen molar-refractivity contribution in [2.75, 3.05) is 0 Å². The van der Waals surface area contributed by atoms with Crippen LogP contribution in [0.5, 0.6) is 0 Å². The normalized spacial score (nSPS) is 13.2. The molecule has 0 amide bonds. The molecule has 0 radical (unpaired) electrons. The minimum Gasteiger partial charge on any atom is -0.748 e. The Morgan fingerprint density at radius 3 is 2.00 bits per heavy atom. The lowest BCUT2D eigenvalue weighted by molar-refractivity contribution is 0.462. The van der Waals surface area contributed by atoms with Crippen molar-refractivity contribution in [3.05, 3.63) is 35.4 Å². The molecule has 4 heteroatoms. The van der Waals surface area contributed by atoms with Gasteiger partial charge in [0, 0.05) is 0 Å². The zero-order valence-corrected chi connectivity index (χ0v) is 15.4. The smallest absolute Gasteiger partial charge is 0.0988 e. The van der Waals surface area contributed by atoms with E-state index in [2.05, 4.69) is 13.8 Å². The Kier molecular flexibility index (Phi) is 9.49. The van der Waals surface area contributed by atoms with E-state index in [1.165, 1.54) is 63.4 Å². The first-order valence-corrected chi connectivity index (χ1v) is 10.6. The van der Waals surface area contributed by atoms with Crippen LogP contribution in [0.2, 0.25) is 0 Å². The minimum atomic E-state index is -4.20. The van der Waals surface area contributed by atoms with E-state index in [1.807, 2.05) is 12.1 Å². The van der Waals surface area contributed by atoms with Gasteiger partial charge < -0.3 is 4.55 Å². The maximum absolute atomic E-state index is 10.8. The highest BCUT2D eigenvalue weighted by Crippen LogP contribution is 2.28. The van der Waals surface area contributed by atoms with Crippen LogP contribution in [0.25, 0.3) is 0 Å². The molecule has 3 nitrogen and oxygen atoms in total. The van der Waals surface area contributed by atoms with Gasteiger partial charge in [-0.15, -0.1) is 0 Å². The Bertz CT molecular complexity index is 520. The summed E-state index contributed by atoms with van der Waals surface area (Å²) in [5.74, 6) is 0.138. The molecule has 1 aromatic rings. The first kappa shape index (κ1) is 20.2. The lowest BCUT2D eigenvalue weighted by Gasteiger charge is -2.18. The fourth-order valence-electron chi connectivity index (χ4n) is 3.01. The summed E-state index contributed by atoms with van der Waals surface area (Å²) in [6.45, 7) is 4.44. The fraction of sp³-hybridized carbons (Fsp3) is 0.684. The molecule has 1 unspecified atom stereocenters. The summed E-state index contributed by atoms with van der Waals surface area (Å²) in [5.41, 5.74) is 1.86. The molecule has 1 atom stereocenters. The third-order valence-electron chi connectivity index (χ3n) is 4.36. The van der Waals surface area contributed by atoms with Crippen molar-refractivity contribution in [3.8, 4) is 0 Å². The third-order valence-corrected chi connectivity index (χ3v) is 5.04. The largest absolute Gasteiger partial charge is 0.748 e. The van der Waals surface area contributed by atoms with Gasteiger partial charge in [-0.1, -0.05) is 83.1 Å². The molecule has 0 saturated carbocycles. The van der Waals surface area contributed by atoms with E-state index >= 15 is 0 Å². The van der Waals surface area contributed by atoms with Gasteiger partial charge in [-0.3, -0.25) is 0 Å². The first-order valence-electron chi connectivity index (χ1n) is 8.98. The van der Waals surface area contributed by atoms with Gasteiger partial charge in [0.15, 0.2) is 0 Å². The molecular weight excluding hydrogens is 308 g/mol. The molecule has 0 aromatic heterocycles. The van der Waals surface area contributed by atoms with Gasteiger partial charge >= 0.3 is 0 Å². The predicted molar refractivity (Wildman–Crippen MR) is 95.5 cm³/mol. The van der Waals surface area contributed by atoms with Gasteiger partial charge in [0.2, 0.25) is 0 Å². The summed E-state index contributed by atoms with van der Waals surface area (Å²) in [4.78, 5) is 0. The average molecular weight is 340 g/mol. The molecule has 132 valence electrons. The Morgan fingerprint density at radius 1 is 0.870 bits per heavy atom. The second-order valence-corrected chi connectivity index (χ2v) is 7.89. The number of rotatable bonds is 12. The van der Waals surface area contributed by atoms with Gasteiger partial charge in [0.25, 0.3) is 0 Å². The van der Waals surface area contributed by atoms with Crippen molar-refractivity contribution >= 4 is 10.1 Å². The summed E-state index contributed by atoms with van der Waals surface area (Å²) in [6.07, 6.45) is 11.2. The highest BCUT2D eigenvalue weighted by molar-refractivity contribution is 7.84.